The van der Waals surface area contributed by atoms with E-state index in [4.69, 9.17) is 64.3 Å². The van der Waals surface area contributed by atoms with Crippen LogP contribution in [0, 0.1) is 0 Å². The number of pyridine rings is 3. The summed E-state index contributed by atoms with van der Waals surface area (Å²) in [5.74, 6) is -3.21. The standard InChI is InChI=1S/3C17H17ClN6O3.C4H6O5/c3*1-22-6-8-23(9-7-22)17(26)27-16-14-13(19-4-5-20-14)15(25)24(16)12-3-2-11(18)10-21-12;5-2(4(8)9)1-3(6)7/h3*2-5,10,16H,6-9H2,1H3;2,5H,1H2,(H,6,7)(H,8,9)/t2*16-;;/m00../s1. The summed E-state index contributed by atoms with van der Waals surface area (Å²) in [6.45, 7) is 7.92. The minimum Gasteiger partial charge on any atom is -0.481 e. The van der Waals surface area contributed by atoms with Gasteiger partial charge in [0.05, 0.1) is 21.5 Å². The Bertz CT molecular complexity index is 3260. The molecule has 0 aliphatic carbocycles. The molecule has 0 saturated carbocycles. The van der Waals surface area contributed by atoms with E-state index in [9.17, 15) is 38.4 Å². The van der Waals surface area contributed by atoms with Crippen LogP contribution in [0.3, 0.4) is 0 Å². The average molecular weight is 1300 g/mol. The number of ether oxygens (including phenoxy) is 3. The summed E-state index contributed by atoms with van der Waals surface area (Å²) in [6.07, 6.45) is 5.80. The van der Waals surface area contributed by atoms with Crippen LogP contribution >= 0.6 is 34.8 Å². The number of rotatable bonds is 9. The van der Waals surface area contributed by atoms with Gasteiger partial charge in [-0.05, 0) is 57.5 Å². The number of carbonyl (C=O) groups excluding carboxylic acids is 6. The number of piperazine rings is 3. The van der Waals surface area contributed by atoms with E-state index in [-0.39, 0.29) is 17.1 Å². The van der Waals surface area contributed by atoms with E-state index in [1.165, 1.54) is 70.5 Å². The van der Waals surface area contributed by atoms with Crippen molar-refractivity contribution in [2.45, 2.75) is 31.2 Å². The van der Waals surface area contributed by atoms with Gasteiger partial charge in [0.2, 0.25) is 18.7 Å². The molecule has 6 aliphatic heterocycles. The molecule has 90 heavy (non-hydrogen) atoms. The molecule has 32 nitrogen and oxygen atoms in total. The highest BCUT2D eigenvalue weighted by Gasteiger charge is 2.47. The van der Waals surface area contributed by atoms with E-state index in [0.717, 1.165) is 39.3 Å². The predicted molar refractivity (Wildman–Crippen MR) is 315 cm³/mol. The average Bonchev–Trinajstić information content (AvgIpc) is 1.65. The highest BCUT2D eigenvalue weighted by atomic mass is 35.5. The van der Waals surface area contributed by atoms with Crippen molar-refractivity contribution < 1.29 is 67.9 Å². The van der Waals surface area contributed by atoms with E-state index >= 15 is 0 Å². The van der Waals surface area contributed by atoms with Crippen molar-refractivity contribution in [3.05, 3.63) is 141 Å². The molecule has 6 aromatic heterocycles. The molecule has 472 valence electrons. The fraction of sp³-hybridized carbons (Fsp3) is 0.364. The van der Waals surface area contributed by atoms with Crippen molar-refractivity contribution >= 4 is 100 Å². The Balaban J connectivity index is 0.000000150. The maximum atomic E-state index is 12.8. The number of aliphatic hydroxyl groups is 1. The molecule has 6 aliphatic rings. The Morgan fingerprint density at radius 3 is 0.933 bits per heavy atom. The van der Waals surface area contributed by atoms with Crippen molar-refractivity contribution in [1.82, 2.24) is 74.3 Å². The van der Waals surface area contributed by atoms with Gasteiger partial charge >= 0.3 is 30.2 Å². The van der Waals surface area contributed by atoms with Crippen LogP contribution in [0.4, 0.5) is 31.8 Å². The van der Waals surface area contributed by atoms with Crippen LogP contribution in [0.1, 0.15) is 73.7 Å². The lowest BCUT2D eigenvalue weighted by atomic mass is 10.3. The highest BCUT2D eigenvalue weighted by Crippen LogP contribution is 2.39. The number of carboxylic acid groups (broad SMARTS) is 2. The molecule has 0 spiro atoms. The Morgan fingerprint density at radius 2 is 0.711 bits per heavy atom. The summed E-state index contributed by atoms with van der Waals surface area (Å²) >= 11 is 17.7. The molecule has 3 N–H and O–H groups in total. The summed E-state index contributed by atoms with van der Waals surface area (Å²) in [5, 5.41) is 25.4. The molecular formula is C55H57Cl3N18O14. The molecule has 0 bridgehead atoms. The maximum Gasteiger partial charge on any atom is 0.412 e. The second-order valence-corrected chi connectivity index (χ2v) is 21.7. The first-order chi connectivity index (χ1) is 43.2. The fourth-order valence-electron chi connectivity index (χ4n) is 9.37. The van der Waals surface area contributed by atoms with Crippen LogP contribution < -0.4 is 14.7 Å². The zero-order chi connectivity index (χ0) is 64.3. The number of anilines is 3. The van der Waals surface area contributed by atoms with Gasteiger partial charge < -0.3 is 58.9 Å². The molecule has 6 amide bonds. The largest absolute Gasteiger partial charge is 0.481 e. The molecule has 3 saturated heterocycles. The smallest absolute Gasteiger partial charge is 0.412 e. The van der Waals surface area contributed by atoms with Crippen molar-refractivity contribution in [3.63, 3.8) is 0 Å². The number of hydrogen-bond acceptors (Lipinski definition) is 24. The maximum absolute atomic E-state index is 12.8. The first-order valence-corrected chi connectivity index (χ1v) is 28.6. The molecular weight excluding hydrogens is 1240 g/mol. The quantitative estimate of drug-likeness (QED) is 0.174. The van der Waals surface area contributed by atoms with Crippen LogP contribution in [0.5, 0.6) is 0 Å². The molecule has 12 heterocycles. The van der Waals surface area contributed by atoms with E-state index in [1.807, 2.05) is 21.1 Å². The number of amides is 6. The summed E-state index contributed by atoms with van der Waals surface area (Å²) in [6, 6.07) is 9.59. The van der Waals surface area contributed by atoms with Gasteiger partial charge in [-0.2, -0.15) is 0 Å². The number of aromatic nitrogens is 9. The second kappa shape index (κ2) is 29.3. The molecule has 0 aromatic carbocycles. The highest BCUT2D eigenvalue weighted by molar-refractivity contribution is 6.31. The first-order valence-electron chi connectivity index (χ1n) is 27.5. The Kier molecular flexibility index (Phi) is 21.1. The van der Waals surface area contributed by atoms with Crippen LogP contribution in [0.2, 0.25) is 15.1 Å². The monoisotopic (exact) mass is 1300 g/mol. The van der Waals surface area contributed by atoms with Crippen molar-refractivity contribution in [2.75, 3.05) is 114 Å². The van der Waals surface area contributed by atoms with E-state index in [0.29, 0.717) is 88.9 Å². The lowest BCUT2D eigenvalue weighted by Gasteiger charge is -2.33. The lowest BCUT2D eigenvalue weighted by molar-refractivity contribution is -0.152. The van der Waals surface area contributed by atoms with Crippen molar-refractivity contribution in [3.8, 4) is 0 Å². The first kappa shape index (κ1) is 65.0. The van der Waals surface area contributed by atoms with Crippen molar-refractivity contribution in [2.24, 2.45) is 0 Å². The number of halogens is 3. The zero-order valence-electron chi connectivity index (χ0n) is 48.2. The van der Waals surface area contributed by atoms with E-state index in [1.54, 1.807) is 51.1 Å². The number of likely N-dealkylation sites (N-methyl/N-ethyl adjacent to an activating group) is 3. The summed E-state index contributed by atoms with van der Waals surface area (Å²) in [7, 11) is 5.99. The zero-order valence-corrected chi connectivity index (χ0v) is 50.4. The molecule has 2 unspecified atom stereocenters. The molecule has 4 atom stereocenters. The van der Waals surface area contributed by atoms with Gasteiger partial charge in [0, 0.05) is 134 Å². The van der Waals surface area contributed by atoms with Gasteiger partial charge in [0.25, 0.3) is 17.7 Å². The van der Waals surface area contributed by atoms with Crippen LogP contribution in [0.25, 0.3) is 0 Å². The number of carboxylic acids is 2. The second-order valence-electron chi connectivity index (χ2n) is 20.4. The third kappa shape index (κ3) is 15.3. The van der Waals surface area contributed by atoms with E-state index < -0.39 is 79.1 Å². The Labute approximate surface area is 527 Å². The minimum atomic E-state index is -1.79. The van der Waals surface area contributed by atoms with Crippen LogP contribution in [-0.4, -0.2) is 243 Å². The summed E-state index contributed by atoms with van der Waals surface area (Å²) < 4.78 is 17.0. The van der Waals surface area contributed by atoms with Gasteiger partial charge in [0.15, 0.2) is 23.2 Å². The van der Waals surface area contributed by atoms with Crippen LogP contribution in [-0.2, 0) is 23.8 Å². The van der Waals surface area contributed by atoms with Gasteiger partial charge in [-0.1, -0.05) is 34.8 Å². The number of aliphatic hydroxyl groups excluding tert-OH is 1. The number of hydrogen-bond donors (Lipinski definition) is 3. The molecule has 3 fully saturated rings. The van der Waals surface area contributed by atoms with Crippen molar-refractivity contribution in [1.29, 1.82) is 0 Å². The Morgan fingerprint density at radius 1 is 0.444 bits per heavy atom. The SMILES string of the molecule is CN1CCN(C(=O)OC2c3nccnc3C(=O)N2c2ccc(Cl)cn2)CC1.CN1CCN(C(=O)O[C@H]2c3nccnc3C(=O)N2c2ccc(Cl)cn2)CC1.CN1CCN(C(=O)O[C@H]2c3nccnc3C(=O)N2c2ccc(Cl)cn2)CC1.O=C(O)CC(O)C(=O)O. The third-order valence-electron chi connectivity index (χ3n) is 14.3. The number of fused-ring (bicyclic) bond motifs is 3. The Hall–Kier alpha value is -9.44. The fourth-order valence-corrected chi connectivity index (χ4v) is 9.71. The molecule has 35 heteroatoms. The van der Waals surface area contributed by atoms with E-state index in [2.05, 4.69) is 59.6 Å². The normalized spacial score (nSPS) is 19.2. The van der Waals surface area contributed by atoms with Gasteiger partial charge in [-0.15, -0.1) is 0 Å². The van der Waals surface area contributed by atoms with Gasteiger partial charge in [0.1, 0.15) is 34.5 Å². The predicted octanol–water partition coefficient (Wildman–Crippen LogP) is 3.61. The molecule has 6 aromatic rings. The number of aliphatic carboxylic acids is 2. The molecule has 12 rings (SSSR count). The minimum absolute atomic E-state index is 0.144. The number of nitrogens with zero attached hydrogens (tertiary/aromatic N) is 18. The lowest BCUT2D eigenvalue weighted by Crippen LogP contribution is -2.48. The summed E-state index contributed by atoms with van der Waals surface area (Å²) in [5.41, 5.74) is 1.31. The number of carbonyl (C=O) groups is 8. The van der Waals surface area contributed by atoms with Gasteiger partial charge in [-0.25, -0.2) is 63.8 Å². The topological polar surface area (TPSA) is 370 Å². The summed E-state index contributed by atoms with van der Waals surface area (Å²) in [4.78, 5) is 148. The third-order valence-corrected chi connectivity index (χ3v) is 15.0. The van der Waals surface area contributed by atoms with Crippen LogP contribution in [0.15, 0.2) is 92.2 Å². The van der Waals surface area contributed by atoms with Gasteiger partial charge in [-0.3, -0.25) is 34.1 Å². The molecule has 0 radical (unpaired) electrons.